The van der Waals surface area contributed by atoms with Crippen LogP contribution in [0.25, 0.3) is 0 Å². The molecule has 0 aromatic rings. The molecule has 0 aromatic carbocycles. The van der Waals surface area contributed by atoms with E-state index in [9.17, 15) is 4.39 Å². The van der Waals surface area contributed by atoms with E-state index in [1.54, 1.807) is 6.92 Å². The van der Waals surface area contributed by atoms with Crippen molar-refractivity contribution in [2.75, 3.05) is 13.1 Å². The lowest BCUT2D eigenvalue weighted by Gasteiger charge is -2.16. The molecular formula is C7H12FN. The Morgan fingerprint density at radius 2 is 2.44 bits per heavy atom. The van der Waals surface area contributed by atoms with Gasteiger partial charge in [-0.25, -0.2) is 4.39 Å². The third kappa shape index (κ3) is 1.13. The van der Waals surface area contributed by atoms with Gasteiger partial charge in [0.05, 0.1) is 0 Å². The lowest BCUT2D eigenvalue weighted by molar-refractivity contribution is 0.241. The highest BCUT2D eigenvalue weighted by molar-refractivity contribution is 5.13. The highest BCUT2D eigenvalue weighted by Crippen LogP contribution is 2.26. The highest BCUT2D eigenvalue weighted by atomic mass is 19.1. The van der Waals surface area contributed by atoms with Crippen molar-refractivity contribution in [1.29, 1.82) is 0 Å². The number of alkyl halides is 1. The molecule has 9 heavy (non-hydrogen) atoms. The molecule has 1 aliphatic heterocycles. The maximum atomic E-state index is 13.3. The van der Waals surface area contributed by atoms with Gasteiger partial charge in [0, 0.05) is 6.54 Å². The predicted octanol–water partition coefficient (Wildman–Crippen LogP) is 1.26. The second-order valence-corrected chi connectivity index (χ2v) is 2.67. The van der Waals surface area contributed by atoms with Crippen LogP contribution in [0.2, 0.25) is 0 Å². The van der Waals surface area contributed by atoms with Crippen molar-refractivity contribution in [3.05, 3.63) is 12.2 Å². The molecule has 0 amide bonds. The van der Waals surface area contributed by atoms with Crippen molar-refractivity contribution in [3.63, 3.8) is 0 Å². The van der Waals surface area contributed by atoms with Crippen LogP contribution in [0.1, 0.15) is 13.3 Å². The van der Waals surface area contributed by atoms with Crippen molar-refractivity contribution < 1.29 is 4.39 Å². The Balaban J connectivity index is 2.61. The average Bonchev–Trinajstić information content (AvgIpc) is 2.16. The summed E-state index contributed by atoms with van der Waals surface area (Å²) in [6.07, 6.45) is 0.586. The van der Waals surface area contributed by atoms with E-state index in [1.807, 2.05) is 0 Å². The SMILES string of the molecule is C=C(C)C1(F)CCNC1. The maximum absolute atomic E-state index is 13.3. The lowest BCUT2D eigenvalue weighted by Crippen LogP contribution is -2.26. The molecule has 1 rings (SSSR count). The first-order valence-corrected chi connectivity index (χ1v) is 3.21. The molecular weight excluding hydrogens is 117 g/mol. The molecule has 1 unspecified atom stereocenters. The molecule has 0 spiro atoms. The monoisotopic (exact) mass is 129 g/mol. The minimum atomic E-state index is -1.11. The number of nitrogens with one attached hydrogen (secondary N) is 1. The molecule has 1 heterocycles. The summed E-state index contributed by atoms with van der Waals surface area (Å²) in [4.78, 5) is 0. The Bertz CT molecular complexity index is 125. The molecule has 1 nitrogen and oxygen atoms in total. The third-order valence-electron chi connectivity index (χ3n) is 1.87. The predicted molar refractivity (Wildman–Crippen MR) is 36.1 cm³/mol. The zero-order chi connectivity index (χ0) is 6.91. The molecule has 1 N–H and O–H groups in total. The lowest BCUT2D eigenvalue weighted by atomic mass is 9.98. The first-order chi connectivity index (χ1) is 4.15. The standard InChI is InChI=1S/C7H12FN/c1-6(2)7(8)3-4-9-5-7/h9H,1,3-5H2,2H3. The van der Waals surface area contributed by atoms with Gasteiger partial charge in [-0.2, -0.15) is 0 Å². The van der Waals surface area contributed by atoms with Gasteiger partial charge in [-0.3, -0.25) is 0 Å². The second-order valence-electron chi connectivity index (χ2n) is 2.67. The van der Waals surface area contributed by atoms with E-state index in [2.05, 4.69) is 11.9 Å². The quantitative estimate of drug-likeness (QED) is 0.526. The van der Waals surface area contributed by atoms with Crippen LogP contribution in [0.4, 0.5) is 4.39 Å². The summed E-state index contributed by atoms with van der Waals surface area (Å²) in [6, 6.07) is 0. The maximum Gasteiger partial charge on any atom is 0.145 e. The largest absolute Gasteiger partial charge is 0.313 e. The van der Waals surface area contributed by atoms with Gasteiger partial charge in [0.25, 0.3) is 0 Å². The molecule has 52 valence electrons. The summed E-state index contributed by atoms with van der Waals surface area (Å²) < 4.78 is 13.3. The van der Waals surface area contributed by atoms with Crippen LogP contribution in [0.15, 0.2) is 12.2 Å². The normalized spacial score (nSPS) is 34.9. The van der Waals surface area contributed by atoms with Crippen LogP contribution in [0.5, 0.6) is 0 Å². The summed E-state index contributed by atoms with van der Waals surface area (Å²) in [5.41, 5.74) is -0.465. The minimum absolute atomic E-state index is 0.447. The second kappa shape index (κ2) is 2.10. The zero-order valence-electron chi connectivity index (χ0n) is 5.71. The van der Waals surface area contributed by atoms with Gasteiger partial charge in [0.15, 0.2) is 0 Å². The van der Waals surface area contributed by atoms with Gasteiger partial charge < -0.3 is 5.32 Å². The van der Waals surface area contributed by atoms with E-state index in [0.717, 1.165) is 6.54 Å². The smallest absolute Gasteiger partial charge is 0.145 e. The Kier molecular flexibility index (Phi) is 1.58. The summed E-state index contributed by atoms with van der Waals surface area (Å²) in [5, 5.41) is 2.96. The van der Waals surface area contributed by atoms with Crippen molar-refractivity contribution >= 4 is 0 Å². The van der Waals surface area contributed by atoms with Crippen LogP contribution < -0.4 is 5.32 Å². The van der Waals surface area contributed by atoms with Crippen LogP contribution in [0.3, 0.4) is 0 Å². The van der Waals surface area contributed by atoms with E-state index in [4.69, 9.17) is 0 Å². The number of hydrogen-bond acceptors (Lipinski definition) is 1. The molecule has 0 aliphatic carbocycles. The van der Waals surface area contributed by atoms with Gasteiger partial charge in [-0.05, 0) is 25.5 Å². The van der Waals surface area contributed by atoms with E-state index < -0.39 is 5.67 Å². The van der Waals surface area contributed by atoms with Crippen molar-refractivity contribution in [3.8, 4) is 0 Å². The van der Waals surface area contributed by atoms with Crippen molar-refractivity contribution in [1.82, 2.24) is 5.32 Å². The van der Waals surface area contributed by atoms with Crippen LogP contribution >= 0.6 is 0 Å². The molecule has 0 radical (unpaired) electrons. The molecule has 1 aliphatic rings. The molecule has 1 saturated heterocycles. The summed E-state index contributed by atoms with van der Waals surface area (Å²) in [7, 11) is 0. The van der Waals surface area contributed by atoms with Crippen LogP contribution in [-0.4, -0.2) is 18.8 Å². The molecule has 0 aromatic heterocycles. The summed E-state index contributed by atoms with van der Waals surface area (Å²) in [6.45, 7) is 6.56. The Morgan fingerprint density at radius 1 is 1.78 bits per heavy atom. The fraction of sp³-hybridized carbons (Fsp3) is 0.714. The van der Waals surface area contributed by atoms with E-state index >= 15 is 0 Å². The Labute approximate surface area is 54.9 Å². The van der Waals surface area contributed by atoms with Crippen LogP contribution in [0, 0.1) is 0 Å². The molecule has 0 saturated carbocycles. The van der Waals surface area contributed by atoms with Gasteiger partial charge in [0.2, 0.25) is 0 Å². The molecule has 1 atom stereocenters. The van der Waals surface area contributed by atoms with Crippen molar-refractivity contribution in [2.24, 2.45) is 0 Å². The Hall–Kier alpha value is -0.370. The van der Waals surface area contributed by atoms with Gasteiger partial charge >= 0.3 is 0 Å². The van der Waals surface area contributed by atoms with Crippen molar-refractivity contribution in [2.45, 2.75) is 19.0 Å². The fourth-order valence-electron chi connectivity index (χ4n) is 1.03. The van der Waals surface area contributed by atoms with E-state index in [1.165, 1.54) is 0 Å². The number of halogens is 1. The summed E-state index contributed by atoms with van der Waals surface area (Å²) >= 11 is 0. The van der Waals surface area contributed by atoms with E-state index in [-0.39, 0.29) is 0 Å². The fourth-order valence-corrected chi connectivity index (χ4v) is 1.03. The first-order valence-electron chi connectivity index (χ1n) is 3.21. The van der Waals surface area contributed by atoms with Crippen LogP contribution in [-0.2, 0) is 0 Å². The van der Waals surface area contributed by atoms with E-state index in [0.29, 0.717) is 18.5 Å². The Morgan fingerprint density at radius 3 is 2.67 bits per heavy atom. The molecule has 1 fully saturated rings. The average molecular weight is 129 g/mol. The number of rotatable bonds is 1. The minimum Gasteiger partial charge on any atom is -0.313 e. The zero-order valence-corrected chi connectivity index (χ0v) is 5.71. The molecule has 2 heteroatoms. The number of hydrogen-bond donors (Lipinski definition) is 1. The highest BCUT2D eigenvalue weighted by Gasteiger charge is 2.33. The van der Waals surface area contributed by atoms with Gasteiger partial charge in [-0.15, -0.1) is 0 Å². The summed E-state index contributed by atoms with van der Waals surface area (Å²) in [5.74, 6) is 0. The third-order valence-corrected chi connectivity index (χ3v) is 1.87. The first kappa shape index (κ1) is 6.75. The molecule has 0 bridgehead atoms. The van der Waals surface area contributed by atoms with Gasteiger partial charge in [-0.1, -0.05) is 6.58 Å². The van der Waals surface area contributed by atoms with Gasteiger partial charge in [0.1, 0.15) is 5.67 Å². The topological polar surface area (TPSA) is 12.0 Å².